The molecule has 1 amide bonds. The molecular formula is C30H33N3O2. The van der Waals surface area contributed by atoms with E-state index < -0.39 is 0 Å². The van der Waals surface area contributed by atoms with Crippen LogP contribution < -0.4 is 10.1 Å². The molecule has 0 atom stereocenters. The minimum Gasteiger partial charge on any atom is -0.492 e. The zero-order valence-corrected chi connectivity index (χ0v) is 20.3. The Labute approximate surface area is 207 Å². The fourth-order valence-electron chi connectivity index (χ4n) is 4.05. The first-order valence-electron chi connectivity index (χ1n) is 12.3. The van der Waals surface area contributed by atoms with Crippen LogP contribution in [0.15, 0.2) is 84.9 Å². The number of para-hydroxylation sites is 2. The zero-order chi connectivity index (χ0) is 24.3. The summed E-state index contributed by atoms with van der Waals surface area (Å²) in [7, 11) is 0. The predicted molar refractivity (Wildman–Crippen MR) is 142 cm³/mol. The van der Waals surface area contributed by atoms with Crippen molar-refractivity contribution in [2.75, 3.05) is 13.2 Å². The Bertz CT molecular complexity index is 1240. The van der Waals surface area contributed by atoms with Crippen LogP contribution in [0.2, 0.25) is 0 Å². The Morgan fingerprint density at radius 1 is 0.943 bits per heavy atom. The van der Waals surface area contributed by atoms with E-state index in [9.17, 15) is 4.79 Å². The van der Waals surface area contributed by atoms with Gasteiger partial charge in [0.15, 0.2) is 0 Å². The maximum Gasteiger partial charge on any atom is 0.243 e. The minimum absolute atomic E-state index is 0.0516. The largest absolute Gasteiger partial charge is 0.492 e. The van der Waals surface area contributed by atoms with Gasteiger partial charge in [-0.1, -0.05) is 66.6 Å². The predicted octanol–water partition coefficient (Wildman–Crippen LogP) is 5.97. The molecule has 0 aliphatic rings. The van der Waals surface area contributed by atoms with Crippen LogP contribution in [0.1, 0.15) is 36.2 Å². The van der Waals surface area contributed by atoms with Gasteiger partial charge in [0.1, 0.15) is 18.2 Å². The topological polar surface area (TPSA) is 56.1 Å². The van der Waals surface area contributed by atoms with E-state index in [1.807, 2.05) is 54.6 Å². The quantitative estimate of drug-likeness (QED) is 0.206. The Kier molecular flexibility index (Phi) is 8.71. The van der Waals surface area contributed by atoms with Crippen LogP contribution in [0.5, 0.6) is 5.75 Å². The maximum atomic E-state index is 12.0. The van der Waals surface area contributed by atoms with Gasteiger partial charge in [0, 0.05) is 19.0 Å². The number of hydrogen-bond acceptors (Lipinski definition) is 3. The molecule has 0 saturated heterocycles. The number of aromatic nitrogens is 2. The minimum atomic E-state index is -0.0516. The summed E-state index contributed by atoms with van der Waals surface area (Å²) >= 11 is 0. The second kappa shape index (κ2) is 12.6. The lowest BCUT2D eigenvalue weighted by molar-refractivity contribution is -0.116. The highest BCUT2D eigenvalue weighted by atomic mass is 16.5. The summed E-state index contributed by atoms with van der Waals surface area (Å²) in [4.78, 5) is 16.9. The Balaban J connectivity index is 1.23. The highest BCUT2D eigenvalue weighted by Gasteiger charge is 2.10. The van der Waals surface area contributed by atoms with Crippen molar-refractivity contribution in [2.45, 2.75) is 39.2 Å². The molecule has 0 spiro atoms. The summed E-state index contributed by atoms with van der Waals surface area (Å²) in [5.41, 5.74) is 4.42. The number of amides is 1. The molecule has 35 heavy (non-hydrogen) atoms. The van der Waals surface area contributed by atoms with Gasteiger partial charge in [-0.25, -0.2) is 4.98 Å². The molecule has 0 bridgehead atoms. The number of hydrogen-bond donors (Lipinski definition) is 1. The summed E-state index contributed by atoms with van der Waals surface area (Å²) < 4.78 is 8.25. The number of nitrogens with one attached hydrogen (secondary N) is 1. The lowest BCUT2D eigenvalue weighted by Crippen LogP contribution is -2.22. The number of ether oxygens (including phenoxy) is 1. The molecule has 1 heterocycles. The number of nitrogens with zero attached hydrogens (tertiary/aromatic N) is 2. The Morgan fingerprint density at radius 2 is 1.71 bits per heavy atom. The fraction of sp³-hybridized carbons (Fsp3) is 0.267. The summed E-state index contributed by atoms with van der Waals surface area (Å²) in [6.45, 7) is 4.11. The van der Waals surface area contributed by atoms with Crippen LogP contribution in [0, 0.1) is 6.92 Å². The van der Waals surface area contributed by atoms with E-state index in [0.717, 1.165) is 60.4 Å². The maximum absolute atomic E-state index is 12.0. The van der Waals surface area contributed by atoms with Crippen molar-refractivity contribution >= 4 is 23.0 Å². The smallest absolute Gasteiger partial charge is 0.243 e. The molecule has 3 aromatic carbocycles. The van der Waals surface area contributed by atoms with Gasteiger partial charge in [0.25, 0.3) is 0 Å². The Morgan fingerprint density at radius 3 is 2.54 bits per heavy atom. The van der Waals surface area contributed by atoms with Crippen molar-refractivity contribution in [3.05, 3.63) is 102 Å². The molecule has 5 nitrogen and oxygen atoms in total. The molecule has 180 valence electrons. The molecule has 1 aromatic heterocycles. The van der Waals surface area contributed by atoms with E-state index in [2.05, 4.69) is 47.1 Å². The van der Waals surface area contributed by atoms with Gasteiger partial charge < -0.3 is 14.6 Å². The fourth-order valence-corrected chi connectivity index (χ4v) is 4.05. The van der Waals surface area contributed by atoms with Crippen LogP contribution >= 0.6 is 0 Å². The third-order valence-electron chi connectivity index (χ3n) is 5.94. The number of fused-ring (bicyclic) bond motifs is 1. The molecule has 4 aromatic rings. The van der Waals surface area contributed by atoms with E-state index in [0.29, 0.717) is 13.2 Å². The van der Waals surface area contributed by atoms with Gasteiger partial charge in [-0.2, -0.15) is 0 Å². The molecule has 0 unspecified atom stereocenters. The van der Waals surface area contributed by atoms with Crippen molar-refractivity contribution in [1.82, 2.24) is 14.9 Å². The van der Waals surface area contributed by atoms with E-state index >= 15 is 0 Å². The molecule has 0 saturated carbocycles. The highest BCUT2D eigenvalue weighted by molar-refractivity contribution is 5.91. The molecule has 4 rings (SSSR count). The number of imidazole rings is 1. The number of carbonyl (C=O) groups is 1. The van der Waals surface area contributed by atoms with Gasteiger partial charge in [-0.15, -0.1) is 0 Å². The summed E-state index contributed by atoms with van der Waals surface area (Å²) in [6, 6.07) is 26.3. The van der Waals surface area contributed by atoms with E-state index in [4.69, 9.17) is 9.72 Å². The first-order chi connectivity index (χ1) is 17.2. The van der Waals surface area contributed by atoms with Gasteiger partial charge in [0.2, 0.25) is 5.91 Å². The van der Waals surface area contributed by atoms with Crippen LogP contribution in [-0.4, -0.2) is 28.6 Å². The number of carbonyl (C=O) groups excluding carboxylic acids is 1. The van der Waals surface area contributed by atoms with E-state index in [-0.39, 0.29) is 5.91 Å². The van der Waals surface area contributed by atoms with Crippen molar-refractivity contribution < 1.29 is 9.53 Å². The molecule has 0 aliphatic heterocycles. The summed E-state index contributed by atoms with van der Waals surface area (Å²) in [6.07, 6.45) is 7.34. The van der Waals surface area contributed by atoms with E-state index in [1.165, 1.54) is 5.56 Å². The van der Waals surface area contributed by atoms with Crippen molar-refractivity contribution in [2.24, 2.45) is 0 Å². The van der Waals surface area contributed by atoms with Crippen molar-refractivity contribution in [3.8, 4) is 5.75 Å². The van der Waals surface area contributed by atoms with Gasteiger partial charge >= 0.3 is 0 Å². The van der Waals surface area contributed by atoms with Gasteiger partial charge in [0.05, 0.1) is 17.6 Å². The summed E-state index contributed by atoms with van der Waals surface area (Å²) in [5.74, 6) is 1.93. The average Bonchev–Trinajstić information content (AvgIpc) is 3.24. The normalized spacial score (nSPS) is 11.2. The lowest BCUT2D eigenvalue weighted by Gasteiger charge is -2.11. The first-order valence-corrected chi connectivity index (χ1v) is 12.3. The van der Waals surface area contributed by atoms with E-state index in [1.54, 1.807) is 6.08 Å². The van der Waals surface area contributed by atoms with Gasteiger partial charge in [-0.3, -0.25) is 4.79 Å². The number of rotatable bonds is 12. The monoisotopic (exact) mass is 467 g/mol. The molecular weight excluding hydrogens is 434 g/mol. The third-order valence-corrected chi connectivity index (χ3v) is 5.94. The Hall–Kier alpha value is -3.86. The highest BCUT2D eigenvalue weighted by Crippen LogP contribution is 2.18. The molecule has 5 heteroatoms. The SMILES string of the molecule is Cc1ccc(OCCn2c(CCCCCNC(=O)/C=C/c3ccccc3)nc3ccccc32)cc1. The molecule has 0 aliphatic carbocycles. The van der Waals surface area contributed by atoms with Gasteiger partial charge in [-0.05, 0) is 55.7 Å². The standard InChI is InChI=1S/C30H33N3O2/c1-24-15-18-26(19-16-24)35-23-22-33-28-13-8-7-12-27(28)32-29(33)14-6-3-9-21-31-30(34)20-17-25-10-4-2-5-11-25/h2,4-5,7-8,10-13,15-20H,3,6,9,14,21-23H2,1H3,(H,31,34)/b20-17+. The van der Waals surface area contributed by atoms with Crippen LogP contribution in [0.4, 0.5) is 0 Å². The molecule has 0 radical (unpaired) electrons. The first kappa shape index (κ1) is 24.3. The van der Waals surface area contributed by atoms with Crippen LogP contribution in [0.25, 0.3) is 17.1 Å². The number of benzene rings is 3. The van der Waals surface area contributed by atoms with Crippen molar-refractivity contribution in [3.63, 3.8) is 0 Å². The average molecular weight is 468 g/mol. The van der Waals surface area contributed by atoms with Crippen LogP contribution in [-0.2, 0) is 17.8 Å². The lowest BCUT2D eigenvalue weighted by atomic mass is 10.2. The third kappa shape index (κ3) is 7.31. The molecule has 0 fully saturated rings. The summed E-state index contributed by atoms with van der Waals surface area (Å²) in [5, 5.41) is 2.97. The van der Waals surface area contributed by atoms with Crippen molar-refractivity contribution in [1.29, 1.82) is 0 Å². The second-order valence-electron chi connectivity index (χ2n) is 8.68. The second-order valence-corrected chi connectivity index (χ2v) is 8.68. The molecule has 1 N–H and O–H groups in total. The zero-order valence-electron chi connectivity index (χ0n) is 20.3. The number of unbranched alkanes of at least 4 members (excludes halogenated alkanes) is 2. The van der Waals surface area contributed by atoms with Crippen LogP contribution in [0.3, 0.4) is 0 Å². The number of aryl methyl sites for hydroxylation is 2.